The Kier molecular flexibility index (Phi) is 7.28. The standard InChI is InChI=1S/C23H33NO3/c1-17-13-19(23(2,3)4)9-12-22(17)27-16-20(25)15-24(5)14-18-7-10-21(26-6)11-8-18/h7-13,20,25H,14-16H2,1-6H3. The summed E-state index contributed by atoms with van der Waals surface area (Å²) in [6.07, 6.45) is -0.546. The van der Waals surface area contributed by atoms with Gasteiger partial charge in [0.2, 0.25) is 0 Å². The summed E-state index contributed by atoms with van der Waals surface area (Å²) in [7, 11) is 3.66. The summed E-state index contributed by atoms with van der Waals surface area (Å²) in [6, 6.07) is 14.3. The Balaban J connectivity index is 1.83. The molecule has 0 amide bonds. The monoisotopic (exact) mass is 371 g/mol. The smallest absolute Gasteiger partial charge is 0.122 e. The van der Waals surface area contributed by atoms with Crippen LogP contribution in [-0.4, -0.2) is 43.4 Å². The second-order valence-corrected chi connectivity index (χ2v) is 8.24. The SMILES string of the molecule is COc1ccc(CN(C)CC(O)COc2ccc(C(C)(C)C)cc2C)cc1. The minimum absolute atomic E-state index is 0.118. The molecule has 4 heteroatoms. The molecule has 0 saturated carbocycles. The van der Waals surface area contributed by atoms with Crippen molar-refractivity contribution in [1.29, 1.82) is 0 Å². The summed E-state index contributed by atoms with van der Waals surface area (Å²) in [5, 5.41) is 10.3. The van der Waals surface area contributed by atoms with E-state index in [0.717, 1.165) is 23.6 Å². The molecule has 0 aliphatic heterocycles. The molecule has 0 bridgehead atoms. The number of aliphatic hydroxyl groups is 1. The molecular weight excluding hydrogens is 338 g/mol. The number of benzene rings is 2. The van der Waals surface area contributed by atoms with E-state index in [1.165, 1.54) is 11.1 Å². The summed E-state index contributed by atoms with van der Waals surface area (Å²) in [5.41, 5.74) is 3.68. The van der Waals surface area contributed by atoms with Crippen molar-refractivity contribution in [1.82, 2.24) is 4.90 Å². The van der Waals surface area contributed by atoms with Gasteiger partial charge in [0.25, 0.3) is 0 Å². The Morgan fingerprint density at radius 1 is 1.07 bits per heavy atom. The molecule has 27 heavy (non-hydrogen) atoms. The quantitative estimate of drug-likeness (QED) is 0.756. The van der Waals surface area contributed by atoms with Gasteiger partial charge in [0.05, 0.1) is 7.11 Å². The van der Waals surface area contributed by atoms with Crippen molar-refractivity contribution in [2.45, 2.75) is 45.8 Å². The first kappa shape index (κ1) is 21.3. The zero-order valence-corrected chi connectivity index (χ0v) is 17.5. The predicted octanol–water partition coefficient (Wildman–Crippen LogP) is 4.17. The lowest BCUT2D eigenvalue weighted by molar-refractivity contribution is 0.0741. The number of aliphatic hydroxyl groups excluding tert-OH is 1. The first-order valence-electron chi connectivity index (χ1n) is 9.42. The van der Waals surface area contributed by atoms with Crippen LogP contribution in [0.3, 0.4) is 0 Å². The summed E-state index contributed by atoms with van der Waals surface area (Å²) in [6.45, 7) is 10.2. The highest BCUT2D eigenvalue weighted by Gasteiger charge is 2.15. The van der Waals surface area contributed by atoms with Crippen molar-refractivity contribution >= 4 is 0 Å². The molecule has 2 aromatic carbocycles. The number of hydrogen-bond acceptors (Lipinski definition) is 4. The summed E-state index contributed by atoms with van der Waals surface area (Å²) >= 11 is 0. The van der Waals surface area contributed by atoms with Crippen molar-refractivity contribution < 1.29 is 14.6 Å². The highest BCUT2D eigenvalue weighted by molar-refractivity contribution is 5.38. The van der Waals surface area contributed by atoms with Crippen LogP contribution in [0, 0.1) is 6.92 Å². The minimum Gasteiger partial charge on any atom is -0.497 e. The second kappa shape index (κ2) is 9.25. The van der Waals surface area contributed by atoms with Crippen LogP contribution >= 0.6 is 0 Å². The van der Waals surface area contributed by atoms with Gasteiger partial charge in [-0.1, -0.05) is 45.0 Å². The topological polar surface area (TPSA) is 41.9 Å². The van der Waals surface area contributed by atoms with E-state index in [2.05, 4.69) is 37.8 Å². The first-order valence-corrected chi connectivity index (χ1v) is 9.42. The molecule has 0 saturated heterocycles. The number of nitrogens with zero attached hydrogens (tertiary/aromatic N) is 1. The molecule has 0 heterocycles. The van der Waals surface area contributed by atoms with Gasteiger partial charge >= 0.3 is 0 Å². The average molecular weight is 372 g/mol. The van der Waals surface area contributed by atoms with E-state index in [9.17, 15) is 5.11 Å². The highest BCUT2D eigenvalue weighted by Crippen LogP contribution is 2.27. The molecule has 0 radical (unpaired) electrons. The lowest BCUT2D eigenvalue weighted by atomic mass is 9.86. The van der Waals surface area contributed by atoms with E-state index < -0.39 is 6.10 Å². The molecule has 0 fully saturated rings. The fourth-order valence-electron chi connectivity index (χ4n) is 2.98. The van der Waals surface area contributed by atoms with Crippen LogP contribution in [0.25, 0.3) is 0 Å². The highest BCUT2D eigenvalue weighted by atomic mass is 16.5. The van der Waals surface area contributed by atoms with E-state index >= 15 is 0 Å². The fourth-order valence-corrected chi connectivity index (χ4v) is 2.98. The van der Waals surface area contributed by atoms with E-state index in [0.29, 0.717) is 6.54 Å². The molecule has 0 aliphatic rings. The van der Waals surface area contributed by atoms with E-state index in [-0.39, 0.29) is 12.0 Å². The summed E-state index contributed by atoms with van der Waals surface area (Å²) in [5.74, 6) is 1.68. The zero-order chi connectivity index (χ0) is 20.0. The van der Waals surface area contributed by atoms with Crippen molar-refractivity contribution in [2.24, 2.45) is 0 Å². The zero-order valence-electron chi connectivity index (χ0n) is 17.5. The number of aryl methyl sites for hydroxylation is 1. The van der Waals surface area contributed by atoms with Crippen molar-refractivity contribution in [3.8, 4) is 11.5 Å². The van der Waals surface area contributed by atoms with Gasteiger partial charge in [-0.3, -0.25) is 4.90 Å². The van der Waals surface area contributed by atoms with Crippen LogP contribution < -0.4 is 9.47 Å². The van der Waals surface area contributed by atoms with Gasteiger partial charge in [0.15, 0.2) is 0 Å². The third kappa shape index (κ3) is 6.56. The van der Waals surface area contributed by atoms with Gasteiger partial charge in [0.1, 0.15) is 24.2 Å². The lowest BCUT2D eigenvalue weighted by Crippen LogP contribution is -2.32. The van der Waals surface area contributed by atoms with Gasteiger partial charge in [-0.2, -0.15) is 0 Å². The average Bonchev–Trinajstić information content (AvgIpc) is 2.60. The molecule has 2 aromatic rings. The number of methoxy groups -OCH3 is 1. The van der Waals surface area contributed by atoms with Crippen molar-refractivity contribution in [3.05, 3.63) is 59.2 Å². The first-order chi connectivity index (χ1) is 12.7. The number of ether oxygens (including phenoxy) is 2. The minimum atomic E-state index is -0.546. The molecule has 1 N–H and O–H groups in total. The van der Waals surface area contributed by atoms with Gasteiger partial charge in [-0.15, -0.1) is 0 Å². The number of rotatable bonds is 8. The van der Waals surface area contributed by atoms with Crippen LogP contribution in [-0.2, 0) is 12.0 Å². The molecule has 0 spiro atoms. The van der Waals surface area contributed by atoms with E-state index in [1.54, 1.807) is 7.11 Å². The van der Waals surface area contributed by atoms with E-state index in [1.807, 2.05) is 44.3 Å². The van der Waals surface area contributed by atoms with Crippen molar-refractivity contribution in [3.63, 3.8) is 0 Å². The largest absolute Gasteiger partial charge is 0.497 e. The summed E-state index contributed by atoms with van der Waals surface area (Å²) < 4.78 is 11.0. The Bertz CT molecular complexity index is 719. The lowest BCUT2D eigenvalue weighted by Gasteiger charge is -2.23. The maximum atomic E-state index is 10.3. The third-order valence-corrected chi connectivity index (χ3v) is 4.61. The molecule has 1 unspecified atom stereocenters. The maximum Gasteiger partial charge on any atom is 0.122 e. The molecule has 0 aliphatic carbocycles. The summed E-state index contributed by atoms with van der Waals surface area (Å²) in [4.78, 5) is 2.09. The van der Waals surface area contributed by atoms with Gasteiger partial charge in [-0.25, -0.2) is 0 Å². The molecule has 1 atom stereocenters. The molecule has 148 valence electrons. The third-order valence-electron chi connectivity index (χ3n) is 4.61. The molecule has 0 aromatic heterocycles. The van der Waals surface area contributed by atoms with Crippen LogP contribution in [0.4, 0.5) is 0 Å². The Hall–Kier alpha value is -2.04. The molecular formula is C23H33NO3. The predicted molar refractivity (Wildman–Crippen MR) is 111 cm³/mol. The van der Waals surface area contributed by atoms with Crippen LogP contribution in [0.1, 0.15) is 37.5 Å². The normalized spacial score (nSPS) is 12.9. The molecule has 2 rings (SSSR count). The van der Waals surface area contributed by atoms with Gasteiger partial charge in [0, 0.05) is 13.1 Å². The fraction of sp³-hybridized carbons (Fsp3) is 0.478. The maximum absolute atomic E-state index is 10.3. The van der Waals surface area contributed by atoms with E-state index in [4.69, 9.17) is 9.47 Å². The Morgan fingerprint density at radius 2 is 1.74 bits per heavy atom. The Labute approximate surface area is 163 Å². The van der Waals surface area contributed by atoms with Gasteiger partial charge < -0.3 is 14.6 Å². The Morgan fingerprint density at radius 3 is 2.30 bits per heavy atom. The van der Waals surface area contributed by atoms with Crippen LogP contribution in [0.2, 0.25) is 0 Å². The second-order valence-electron chi connectivity index (χ2n) is 8.24. The van der Waals surface area contributed by atoms with Gasteiger partial charge in [-0.05, 0) is 54.3 Å². The number of likely N-dealkylation sites (N-methyl/N-ethyl adjacent to an activating group) is 1. The number of hydrogen-bond donors (Lipinski definition) is 1. The van der Waals surface area contributed by atoms with Crippen LogP contribution in [0.5, 0.6) is 11.5 Å². The van der Waals surface area contributed by atoms with Crippen molar-refractivity contribution in [2.75, 3.05) is 27.3 Å². The molecule has 4 nitrogen and oxygen atoms in total. The van der Waals surface area contributed by atoms with Crippen LogP contribution in [0.15, 0.2) is 42.5 Å².